The summed E-state index contributed by atoms with van der Waals surface area (Å²) in [5.74, 6) is -0.671. The van der Waals surface area contributed by atoms with Gasteiger partial charge in [0.2, 0.25) is 0 Å². The summed E-state index contributed by atoms with van der Waals surface area (Å²) < 4.78 is 4.87. The summed E-state index contributed by atoms with van der Waals surface area (Å²) in [4.78, 5) is 10.6. The van der Waals surface area contributed by atoms with Crippen LogP contribution < -0.4 is 0 Å². The maximum absolute atomic E-state index is 10.6. The van der Waals surface area contributed by atoms with Crippen molar-refractivity contribution in [3.8, 4) is 0 Å². The number of aryl methyl sites for hydroxylation is 1. The molecule has 0 radical (unpaired) electrons. The number of aromatic carboxylic acids is 1. The Bertz CT molecular complexity index is 570. The Morgan fingerprint density at radius 3 is 2.76 bits per heavy atom. The number of rotatable bonds is 3. The molecule has 0 aliphatic carbocycles. The van der Waals surface area contributed by atoms with Crippen molar-refractivity contribution in [1.29, 1.82) is 0 Å². The summed E-state index contributed by atoms with van der Waals surface area (Å²) >= 11 is 0. The zero-order valence-electron chi connectivity index (χ0n) is 9.25. The first-order valence-electron chi connectivity index (χ1n) is 5.10. The van der Waals surface area contributed by atoms with E-state index in [0.717, 1.165) is 11.1 Å². The smallest absolute Gasteiger partial charge is 0.358 e. The Labute approximate surface area is 98.2 Å². The molecule has 0 amide bonds. The highest BCUT2D eigenvalue weighted by atomic mass is 16.5. The lowest BCUT2D eigenvalue weighted by Crippen LogP contribution is -1.94. The molecule has 0 saturated heterocycles. The first-order chi connectivity index (χ1) is 8.16. The van der Waals surface area contributed by atoms with Crippen molar-refractivity contribution in [2.45, 2.75) is 6.92 Å². The van der Waals surface area contributed by atoms with Gasteiger partial charge >= 0.3 is 5.97 Å². The number of carboxylic acid groups (broad SMARTS) is 1. The van der Waals surface area contributed by atoms with Crippen LogP contribution in [0.4, 0.5) is 0 Å². The molecule has 0 aliphatic heterocycles. The highest BCUT2D eigenvalue weighted by molar-refractivity contribution is 5.86. The Hall–Kier alpha value is -2.36. The van der Waals surface area contributed by atoms with Gasteiger partial charge in [-0.3, -0.25) is 0 Å². The second-order valence-corrected chi connectivity index (χ2v) is 3.61. The van der Waals surface area contributed by atoms with Crippen LogP contribution in [-0.2, 0) is 0 Å². The van der Waals surface area contributed by atoms with E-state index in [9.17, 15) is 4.79 Å². The quantitative estimate of drug-likeness (QED) is 0.878. The third kappa shape index (κ3) is 2.60. The Kier molecular flexibility index (Phi) is 3.05. The van der Waals surface area contributed by atoms with E-state index >= 15 is 0 Å². The van der Waals surface area contributed by atoms with E-state index < -0.39 is 5.97 Å². The normalized spacial score (nSPS) is 10.9. The standard InChI is InChI=1S/C13H11NO3/c1-9-4-2-3-5-10(9)6-7-11-8-12(13(15)16)14-17-11/h2-8H,1H3,(H,15,16)/b7-6+. The Morgan fingerprint density at radius 2 is 2.12 bits per heavy atom. The minimum Gasteiger partial charge on any atom is -0.476 e. The molecule has 0 bridgehead atoms. The first-order valence-corrected chi connectivity index (χ1v) is 5.10. The average Bonchev–Trinajstić information content (AvgIpc) is 2.77. The molecule has 1 aromatic heterocycles. The van der Waals surface area contributed by atoms with Gasteiger partial charge in [-0.25, -0.2) is 4.79 Å². The number of hydrogen-bond acceptors (Lipinski definition) is 3. The van der Waals surface area contributed by atoms with Crippen molar-refractivity contribution < 1.29 is 14.4 Å². The van der Waals surface area contributed by atoms with Gasteiger partial charge in [-0.05, 0) is 24.1 Å². The van der Waals surface area contributed by atoms with Crippen LogP contribution in [-0.4, -0.2) is 16.2 Å². The number of carboxylic acids is 1. The summed E-state index contributed by atoms with van der Waals surface area (Å²) in [6, 6.07) is 9.26. The molecule has 4 heteroatoms. The molecule has 0 spiro atoms. The van der Waals surface area contributed by atoms with Crippen molar-refractivity contribution in [1.82, 2.24) is 5.16 Å². The summed E-state index contributed by atoms with van der Waals surface area (Å²) in [5.41, 5.74) is 2.11. The molecule has 86 valence electrons. The van der Waals surface area contributed by atoms with Crippen molar-refractivity contribution >= 4 is 18.1 Å². The van der Waals surface area contributed by atoms with Crippen LogP contribution in [0.25, 0.3) is 12.2 Å². The average molecular weight is 229 g/mol. The summed E-state index contributed by atoms with van der Waals surface area (Å²) in [5, 5.41) is 12.1. The van der Waals surface area contributed by atoms with Crippen molar-refractivity contribution in [3.63, 3.8) is 0 Å². The molecule has 1 heterocycles. The van der Waals surface area contributed by atoms with Crippen molar-refractivity contribution in [3.05, 3.63) is 52.9 Å². The maximum atomic E-state index is 10.6. The fraction of sp³-hybridized carbons (Fsp3) is 0.0769. The highest BCUT2D eigenvalue weighted by Gasteiger charge is 2.08. The van der Waals surface area contributed by atoms with E-state index in [1.165, 1.54) is 6.07 Å². The second-order valence-electron chi connectivity index (χ2n) is 3.61. The Balaban J connectivity index is 2.20. The number of aromatic nitrogens is 1. The van der Waals surface area contributed by atoms with Crippen molar-refractivity contribution in [2.75, 3.05) is 0 Å². The third-order valence-electron chi connectivity index (χ3n) is 2.36. The molecule has 2 rings (SSSR count). The van der Waals surface area contributed by atoms with Crippen LogP contribution in [0, 0.1) is 6.92 Å². The van der Waals surface area contributed by atoms with Gasteiger partial charge in [0.15, 0.2) is 11.5 Å². The minimum absolute atomic E-state index is 0.0885. The van der Waals surface area contributed by atoms with Crippen LogP contribution in [0.1, 0.15) is 27.4 Å². The predicted octanol–water partition coefficient (Wildman–Crippen LogP) is 2.85. The van der Waals surface area contributed by atoms with E-state index in [-0.39, 0.29) is 5.69 Å². The number of benzene rings is 1. The SMILES string of the molecule is Cc1ccccc1/C=C/c1cc(C(=O)O)no1. The van der Waals surface area contributed by atoms with Gasteiger partial charge in [-0.15, -0.1) is 0 Å². The molecule has 1 aromatic carbocycles. The molecule has 2 aromatic rings. The first kappa shape index (κ1) is 11.1. The van der Waals surface area contributed by atoms with Crippen LogP contribution in [0.5, 0.6) is 0 Å². The minimum atomic E-state index is -1.09. The highest BCUT2D eigenvalue weighted by Crippen LogP contribution is 2.12. The van der Waals surface area contributed by atoms with Gasteiger partial charge < -0.3 is 9.63 Å². The second kappa shape index (κ2) is 4.65. The van der Waals surface area contributed by atoms with Gasteiger partial charge in [0.05, 0.1) is 0 Å². The van der Waals surface area contributed by atoms with Crippen molar-refractivity contribution in [2.24, 2.45) is 0 Å². The van der Waals surface area contributed by atoms with Gasteiger partial charge in [-0.1, -0.05) is 35.5 Å². The van der Waals surface area contributed by atoms with E-state index in [1.54, 1.807) is 6.08 Å². The lowest BCUT2D eigenvalue weighted by atomic mass is 10.1. The lowest BCUT2D eigenvalue weighted by Gasteiger charge is -1.96. The molecule has 0 saturated carbocycles. The van der Waals surface area contributed by atoms with E-state index in [0.29, 0.717) is 5.76 Å². The summed E-state index contributed by atoms with van der Waals surface area (Å²) in [6.07, 6.45) is 3.56. The van der Waals surface area contributed by atoms with Gasteiger partial charge in [0, 0.05) is 6.07 Å². The monoisotopic (exact) mass is 229 g/mol. The summed E-state index contributed by atoms with van der Waals surface area (Å²) in [6.45, 7) is 2.00. The predicted molar refractivity (Wildman–Crippen MR) is 63.6 cm³/mol. The zero-order valence-corrected chi connectivity index (χ0v) is 9.25. The number of hydrogen-bond donors (Lipinski definition) is 1. The molecule has 0 fully saturated rings. The lowest BCUT2D eigenvalue weighted by molar-refractivity contribution is 0.0685. The maximum Gasteiger partial charge on any atom is 0.358 e. The van der Waals surface area contributed by atoms with Gasteiger partial charge in [0.25, 0.3) is 0 Å². The van der Waals surface area contributed by atoms with Crippen LogP contribution in [0.3, 0.4) is 0 Å². The summed E-state index contributed by atoms with van der Waals surface area (Å²) in [7, 11) is 0. The van der Waals surface area contributed by atoms with E-state index in [2.05, 4.69) is 5.16 Å². The molecule has 0 aliphatic rings. The van der Waals surface area contributed by atoms with Crippen LogP contribution >= 0.6 is 0 Å². The molecule has 4 nitrogen and oxygen atoms in total. The topological polar surface area (TPSA) is 63.3 Å². The number of carbonyl (C=O) groups is 1. The van der Waals surface area contributed by atoms with Crippen LogP contribution in [0.15, 0.2) is 34.9 Å². The molecule has 17 heavy (non-hydrogen) atoms. The molecular formula is C13H11NO3. The van der Waals surface area contributed by atoms with Gasteiger partial charge in [-0.2, -0.15) is 0 Å². The fourth-order valence-electron chi connectivity index (χ4n) is 1.41. The molecule has 0 unspecified atom stereocenters. The molecule has 1 N–H and O–H groups in total. The van der Waals surface area contributed by atoms with E-state index in [1.807, 2.05) is 37.3 Å². The largest absolute Gasteiger partial charge is 0.476 e. The van der Waals surface area contributed by atoms with Crippen LogP contribution in [0.2, 0.25) is 0 Å². The number of nitrogens with zero attached hydrogens (tertiary/aromatic N) is 1. The Morgan fingerprint density at radius 1 is 1.35 bits per heavy atom. The van der Waals surface area contributed by atoms with E-state index in [4.69, 9.17) is 9.63 Å². The molecular weight excluding hydrogens is 218 g/mol. The third-order valence-corrected chi connectivity index (χ3v) is 2.36. The fourth-order valence-corrected chi connectivity index (χ4v) is 1.41. The van der Waals surface area contributed by atoms with Gasteiger partial charge in [0.1, 0.15) is 0 Å². The molecule has 0 atom stereocenters. The zero-order chi connectivity index (χ0) is 12.3.